The molecule has 0 bridgehead atoms. The van der Waals surface area contributed by atoms with Crippen LogP contribution in [0.15, 0.2) is 48.9 Å². The van der Waals surface area contributed by atoms with Gasteiger partial charge in [-0.2, -0.15) is 10.2 Å². The number of aliphatic hydroxyl groups excluding tert-OH is 1. The minimum absolute atomic E-state index is 0.139. The fourth-order valence-electron chi connectivity index (χ4n) is 5.10. The quantitative estimate of drug-likeness (QED) is 0.442. The topological polar surface area (TPSA) is 116 Å². The Labute approximate surface area is 191 Å². The largest absolute Gasteiger partial charge is 0.392 e. The predicted molar refractivity (Wildman–Crippen MR) is 125 cm³/mol. The van der Waals surface area contributed by atoms with E-state index in [-0.39, 0.29) is 18.2 Å². The molecule has 0 aliphatic carbocycles. The zero-order chi connectivity index (χ0) is 22.4. The molecule has 4 aromatic rings. The van der Waals surface area contributed by atoms with E-state index in [1.807, 2.05) is 22.8 Å². The third-order valence-corrected chi connectivity index (χ3v) is 6.76. The third-order valence-electron chi connectivity index (χ3n) is 6.76. The molecule has 0 unspecified atom stereocenters. The molecule has 4 N–H and O–H groups in total. The van der Waals surface area contributed by atoms with Gasteiger partial charge in [-0.3, -0.25) is 4.68 Å². The van der Waals surface area contributed by atoms with Crippen LogP contribution in [-0.4, -0.2) is 55.3 Å². The molecular formula is C24H27N7O2. The number of nitrogens with zero attached hydrogens (tertiary/aromatic N) is 5. The van der Waals surface area contributed by atoms with Crippen LogP contribution in [0, 0.1) is 0 Å². The molecule has 0 saturated carbocycles. The van der Waals surface area contributed by atoms with Crippen LogP contribution in [-0.2, 0) is 4.74 Å². The zero-order valence-electron chi connectivity index (χ0n) is 18.3. The van der Waals surface area contributed by atoms with Gasteiger partial charge in [0.2, 0.25) is 0 Å². The molecule has 33 heavy (non-hydrogen) atoms. The van der Waals surface area contributed by atoms with E-state index in [0.29, 0.717) is 18.8 Å². The lowest BCUT2D eigenvalue weighted by atomic mass is 10.0. The molecule has 1 aromatic carbocycles. The molecule has 5 heterocycles. The van der Waals surface area contributed by atoms with Crippen LogP contribution in [0.2, 0.25) is 0 Å². The lowest BCUT2D eigenvalue weighted by Crippen LogP contribution is -2.21. The van der Waals surface area contributed by atoms with E-state index in [1.54, 1.807) is 0 Å². The van der Waals surface area contributed by atoms with Gasteiger partial charge in [-0.15, -0.1) is 0 Å². The number of nitrogens with one attached hydrogen (secondary N) is 1. The van der Waals surface area contributed by atoms with Crippen molar-refractivity contribution in [2.24, 2.45) is 0 Å². The number of nitrogen functional groups attached to an aromatic ring is 1. The molecule has 9 nitrogen and oxygen atoms in total. The molecule has 170 valence electrons. The first-order valence-electron chi connectivity index (χ1n) is 11.4. The molecule has 0 spiro atoms. The van der Waals surface area contributed by atoms with Crippen LogP contribution in [0.3, 0.4) is 0 Å². The number of hydrogen-bond acceptors (Lipinski definition) is 7. The summed E-state index contributed by atoms with van der Waals surface area (Å²) in [6.07, 6.45) is 5.60. The molecule has 2 atom stereocenters. The highest BCUT2D eigenvalue weighted by atomic mass is 16.5. The summed E-state index contributed by atoms with van der Waals surface area (Å²) in [6, 6.07) is 13.0. The number of anilines is 1. The second kappa shape index (κ2) is 8.26. The summed E-state index contributed by atoms with van der Waals surface area (Å²) < 4.78 is 9.51. The van der Waals surface area contributed by atoms with Crippen molar-refractivity contribution in [2.75, 3.05) is 25.5 Å². The molecule has 2 fully saturated rings. The van der Waals surface area contributed by atoms with Crippen molar-refractivity contribution in [1.29, 1.82) is 0 Å². The zero-order valence-corrected chi connectivity index (χ0v) is 18.3. The number of aliphatic hydroxyl groups is 1. The number of β-amino-alcohol motifs (C(OH)–C–C–N with tert-alkyl or cyclic N) is 1. The van der Waals surface area contributed by atoms with Crippen LogP contribution in [0.5, 0.6) is 0 Å². The lowest BCUT2D eigenvalue weighted by Gasteiger charge is -2.24. The summed E-state index contributed by atoms with van der Waals surface area (Å²) in [5, 5.41) is 22.5. The van der Waals surface area contributed by atoms with Crippen molar-refractivity contribution >= 4 is 11.3 Å². The Kier molecular flexibility index (Phi) is 5.09. The summed E-state index contributed by atoms with van der Waals surface area (Å²) in [4.78, 5) is 4.27. The molecule has 2 saturated heterocycles. The van der Waals surface area contributed by atoms with Crippen molar-refractivity contribution < 1.29 is 9.84 Å². The number of nitrogens with two attached hydrogens (primary N) is 1. The van der Waals surface area contributed by atoms with Gasteiger partial charge in [0.25, 0.3) is 0 Å². The summed E-state index contributed by atoms with van der Waals surface area (Å²) in [6.45, 7) is 2.11. The van der Waals surface area contributed by atoms with E-state index < -0.39 is 0 Å². The van der Waals surface area contributed by atoms with Crippen LogP contribution in [0.4, 0.5) is 5.82 Å². The molecule has 3 aromatic heterocycles. The number of rotatable bonds is 4. The Hall–Kier alpha value is -3.27. The second-order valence-electron chi connectivity index (χ2n) is 8.83. The molecule has 9 heteroatoms. The van der Waals surface area contributed by atoms with E-state index in [4.69, 9.17) is 10.5 Å². The summed E-state index contributed by atoms with van der Waals surface area (Å²) >= 11 is 0. The van der Waals surface area contributed by atoms with E-state index in [0.717, 1.165) is 59.7 Å². The van der Waals surface area contributed by atoms with Crippen LogP contribution >= 0.6 is 0 Å². The maximum atomic E-state index is 9.95. The molecule has 0 amide bonds. The van der Waals surface area contributed by atoms with E-state index >= 15 is 0 Å². The molecule has 2 aliphatic heterocycles. The monoisotopic (exact) mass is 445 g/mol. The molecule has 0 radical (unpaired) electrons. The van der Waals surface area contributed by atoms with Gasteiger partial charge in [-0.1, -0.05) is 18.2 Å². The van der Waals surface area contributed by atoms with Gasteiger partial charge < -0.3 is 20.9 Å². The summed E-state index contributed by atoms with van der Waals surface area (Å²) in [5.41, 5.74) is 12.2. The van der Waals surface area contributed by atoms with Gasteiger partial charge in [0.1, 0.15) is 11.8 Å². The number of hydrogen-bond donors (Lipinski definition) is 3. The Balaban J connectivity index is 1.48. The Morgan fingerprint density at radius 1 is 1.09 bits per heavy atom. The molecule has 2 aliphatic rings. The maximum Gasteiger partial charge on any atom is 0.152 e. The van der Waals surface area contributed by atoms with Crippen LogP contribution < -0.4 is 11.1 Å². The number of benzene rings is 1. The van der Waals surface area contributed by atoms with E-state index in [9.17, 15) is 5.11 Å². The molecule has 6 rings (SSSR count). The SMILES string of the molecule is Nc1ncnn2c(-c3cccc([C@@H]4C[C@@H](O)CN4)c3)cc(-c3ccnn3C3CCOCC3)c12. The average Bonchev–Trinajstić information content (AvgIpc) is 3.58. The summed E-state index contributed by atoms with van der Waals surface area (Å²) in [5.74, 6) is 0.433. The van der Waals surface area contributed by atoms with E-state index in [1.165, 1.54) is 6.33 Å². The first kappa shape index (κ1) is 20.3. The summed E-state index contributed by atoms with van der Waals surface area (Å²) in [7, 11) is 0. The second-order valence-corrected chi connectivity index (χ2v) is 8.83. The Morgan fingerprint density at radius 3 is 2.79 bits per heavy atom. The normalized spacial score (nSPS) is 21.7. The Morgan fingerprint density at radius 2 is 1.97 bits per heavy atom. The predicted octanol–water partition coefficient (Wildman–Crippen LogP) is 2.59. The first-order valence-corrected chi connectivity index (χ1v) is 11.4. The minimum atomic E-state index is -0.308. The standard InChI is InChI=1S/C24H27N7O2/c25-24-23-19(21-4-7-28-30(21)17-5-8-33-9-6-17)12-22(31(23)29-14-27-24)16-3-1-2-15(10-16)20-11-18(32)13-26-20/h1-4,7,10,12,14,17-18,20,26,32H,5-6,8-9,11,13H2,(H2,25,27,29)/t18-,20+/m1/s1. The van der Waals surface area contributed by atoms with Gasteiger partial charge in [0.15, 0.2) is 5.82 Å². The van der Waals surface area contributed by atoms with Gasteiger partial charge in [0.05, 0.1) is 23.5 Å². The highest BCUT2D eigenvalue weighted by molar-refractivity contribution is 5.90. The fourth-order valence-corrected chi connectivity index (χ4v) is 5.10. The van der Waals surface area contributed by atoms with Crippen LogP contribution in [0.1, 0.15) is 36.9 Å². The smallest absolute Gasteiger partial charge is 0.152 e. The highest BCUT2D eigenvalue weighted by Gasteiger charge is 2.26. The van der Waals surface area contributed by atoms with Crippen molar-refractivity contribution in [3.63, 3.8) is 0 Å². The van der Waals surface area contributed by atoms with Gasteiger partial charge >= 0.3 is 0 Å². The number of ether oxygens (including phenoxy) is 1. The van der Waals surface area contributed by atoms with Gasteiger partial charge in [-0.25, -0.2) is 9.50 Å². The van der Waals surface area contributed by atoms with Gasteiger partial charge in [0, 0.05) is 43.1 Å². The van der Waals surface area contributed by atoms with Crippen molar-refractivity contribution in [3.8, 4) is 22.5 Å². The fraction of sp³-hybridized carbons (Fsp3) is 0.375. The average molecular weight is 446 g/mol. The van der Waals surface area contributed by atoms with Crippen molar-refractivity contribution in [2.45, 2.75) is 37.5 Å². The van der Waals surface area contributed by atoms with Crippen molar-refractivity contribution in [1.82, 2.24) is 29.7 Å². The van der Waals surface area contributed by atoms with Crippen molar-refractivity contribution in [3.05, 3.63) is 54.5 Å². The van der Waals surface area contributed by atoms with Crippen LogP contribution in [0.25, 0.3) is 28.0 Å². The lowest BCUT2D eigenvalue weighted by molar-refractivity contribution is 0.0667. The number of fused-ring (bicyclic) bond motifs is 1. The Bertz CT molecular complexity index is 1290. The van der Waals surface area contributed by atoms with E-state index in [2.05, 4.69) is 49.4 Å². The third kappa shape index (κ3) is 3.58. The first-order chi connectivity index (χ1) is 16.2. The number of aromatic nitrogens is 5. The minimum Gasteiger partial charge on any atom is -0.392 e. The maximum absolute atomic E-state index is 9.95. The molecular weight excluding hydrogens is 418 g/mol. The highest BCUT2D eigenvalue weighted by Crippen LogP contribution is 2.37. The van der Waals surface area contributed by atoms with Gasteiger partial charge in [-0.05, 0) is 43.0 Å².